The number of hydrogen-bond donors (Lipinski definition) is 0. The summed E-state index contributed by atoms with van der Waals surface area (Å²) in [6.07, 6.45) is 5.48. The largest absolute Gasteiger partial charge is 0.291 e. The van der Waals surface area contributed by atoms with Crippen LogP contribution in [-0.4, -0.2) is 14.6 Å². The van der Waals surface area contributed by atoms with Crippen molar-refractivity contribution in [2.24, 2.45) is 0 Å². The van der Waals surface area contributed by atoms with Crippen molar-refractivity contribution in [1.29, 1.82) is 0 Å². The van der Waals surface area contributed by atoms with Crippen LogP contribution in [0.5, 0.6) is 0 Å². The summed E-state index contributed by atoms with van der Waals surface area (Å²) in [5.41, 5.74) is 1.66. The SMILES string of the molecule is O=c1/c(=C\c2ccccc2Cl)sc2nc(/C=C/c3ccccc3)nn12. The van der Waals surface area contributed by atoms with Crippen LogP contribution in [0.3, 0.4) is 0 Å². The van der Waals surface area contributed by atoms with E-state index in [1.807, 2.05) is 54.6 Å². The molecule has 0 atom stereocenters. The van der Waals surface area contributed by atoms with Gasteiger partial charge < -0.3 is 0 Å². The fraction of sp³-hybridized carbons (Fsp3) is 0. The van der Waals surface area contributed by atoms with Gasteiger partial charge in [0.15, 0.2) is 5.82 Å². The summed E-state index contributed by atoms with van der Waals surface area (Å²) in [7, 11) is 0. The second kappa shape index (κ2) is 6.63. The Labute approximate surface area is 152 Å². The van der Waals surface area contributed by atoms with Crippen molar-refractivity contribution in [3.05, 3.63) is 91.5 Å². The number of rotatable bonds is 3. The molecule has 0 radical (unpaired) electrons. The third-order valence-corrected chi connectivity index (χ3v) is 4.92. The van der Waals surface area contributed by atoms with Crippen molar-refractivity contribution in [1.82, 2.24) is 14.6 Å². The fourth-order valence-corrected chi connectivity index (χ4v) is 3.48. The molecule has 0 unspecified atom stereocenters. The van der Waals surface area contributed by atoms with Gasteiger partial charge in [0.25, 0.3) is 5.56 Å². The molecule has 0 N–H and O–H groups in total. The lowest BCUT2D eigenvalue weighted by Gasteiger charge is -1.94. The maximum Gasteiger partial charge on any atom is 0.291 e. The molecule has 2 heterocycles. The Bertz CT molecular complexity index is 1180. The number of benzene rings is 2. The van der Waals surface area contributed by atoms with Gasteiger partial charge in [-0.1, -0.05) is 77.5 Å². The molecule has 0 amide bonds. The lowest BCUT2D eigenvalue weighted by Crippen LogP contribution is -2.23. The number of hydrogen-bond acceptors (Lipinski definition) is 4. The van der Waals surface area contributed by atoms with Crippen LogP contribution in [0.25, 0.3) is 23.2 Å². The standard InChI is InChI=1S/C19H12ClN3OS/c20-15-9-5-4-8-14(15)12-16-18(24)23-19(25-16)21-17(22-23)11-10-13-6-2-1-3-7-13/h1-12H/b11-10+,16-12+. The number of aromatic nitrogens is 3. The highest BCUT2D eigenvalue weighted by Crippen LogP contribution is 2.15. The van der Waals surface area contributed by atoms with E-state index in [0.717, 1.165) is 11.1 Å². The molecule has 2 aromatic heterocycles. The summed E-state index contributed by atoms with van der Waals surface area (Å²) < 4.78 is 1.89. The molecule has 2 aromatic carbocycles. The topological polar surface area (TPSA) is 47.3 Å². The quantitative estimate of drug-likeness (QED) is 0.558. The predicted octanol–water partition coefficient (Wildman–Crippen LogP) is 3.52. The van der Waals surface area contributed by atoms with E-state index in [1.165, 1.54) is 15.9 Å². The highest BCUT2D eigenvalue weighted by molar-refractivity contribution is 7.15. The summed E-state index contributed by atoms with van der Waals surface area (Å²) in [5, 5.41) is 4.88. The Hall–Kier alpha value is -2.76. The highest BCUT2D eigenvalue weighted by Gasteiger charge is 2.09. The minimum Gasteiger partial charge on any atom is -0.266 e. The van der Waals surface area contributed by atoms with Crippen molar-refractivity contribution in [3.8, 4) is 0 Å². The van der Waals surface area contributed by atoms with Crippen LogP contribution in [0.15, 0.2) is 59.4 Å². The van der Waals surface area contributed by atoms with E-state index >= 15 is 0 Å². The van der Waals surface area contributed by atoms with E-state index in [0.29, 0.717) is 20.3 Å². The molecule has 0 saturated heterocycles. The average Bonchev–Trinajstić information content (AvgIpc) is 3.15. The normalized spacial score (nSPS) is 12.4. The molecule has 0 aliphatic carbocycles. The van der Waals surface area contributed by atoms with Crippen LogP contribution in [-0.2, 0) is 0 Å². The van der Waals surface area contributed by atoms with E-state index in [1.54, 1.807) is 18.2 Å². The van der Waals surface area contributed by atoms with E-state index in [4.69, 9.17) is 11.6 Å². The van der Waals surface area contributed by atoms with E-state index in [-0.39, 0.29) is 5.56 Å². The molecule has 0 spiro atoms. The third-order valence-electron chi connectivity index (χ3n) is 3.61. The Balaban J connectivity index is 1.71. The van der Waals surface area contributed by atoms with Crippen molar-refractivity contribution < 1.29 is 0 Å². The number of thiazole rings is 1. The number of nitrogens with zero attached hydrogens (tertiary/aromatic N) is 3. The zero-order chi connectivity index (χ0) is 17.2. The first-order valence-corrected chi connectivity index (χ1v) is 8.79. The predicted molar refractivity (Wildman–Crippen MR) is 103 cm³/mol. The maximum atomic E-state index is 12.5. The average molecular weight is 366 g/mol. The molecule has 122 valence electrons. The lowest BCUT2D eigenvalue weighted by atomic mass is 10.2. The molecule has 0 aliphatic rings. The maximum absolute atomic E-state index is 12.5. The monoisotopic (exact) mass is 365 g/mol. The molecule has 4 rings (SSSR count). The lowest BCUT2D eigenvalue weighted by molar-refractivity contribution is 0.925. The van der Waals surface area contributed by atoms with Gasteiger partial charge in [0, 0.05) is 5.02 Å². The zero-order valence-electron chi connectivity index (χ0n) is 13.0. The summed E-state index contributed by atoms with van der Waals surface area (Å²) in [6.45, 7) is 0. The summed E-state index contributed by atoms with van der Waals surface area (Å²) in [4.78, 5) is 17.5. The zero-order valence-corrected chi connectivity index (χ0v) is 14.5. The Morgan fingerprint density at radius 2 is 1.76 bits per heavy atom. The molecule has 0 bridgehead atoms. The number of fused-ring (bicyclic) bond motifs is 1. The van der Waals surface area contributed by atoms with Crippen LogP contribution in [0.1, 0.15) is 17.0 Å². The van der Waals surface area contributed by atoms with Crippen LogP contribution in [0, 0.1) is 0 Å². The summed E-state index contributed by atoms with van der Waals surface area (Å²) in [6, 6.07) is 17.3. The smallest absolute Gasteiger partial charge is 0.266 e. The fourth-order valence-electron chi connectivity index (χ4n) is 2.39. The van der Waals surface area contributed by atoms with Gasteiger partial charge in [-0.15, -0.1) is 5.10 Å². The molecule has 0 aliphatic heterocycles. The Morgan fingerprint density at radius 1 is 1.00 bits per heavy atom. The van der Waals surface area contributed by atoms with E-state index in [9.17, 15) is 4.79 Å². The molecule has 4 nitrogen and oxygen atoms in total. The van der Waals surface area contributed by atoms with Gasteiger partial charge in [-0.25, -0.2) is 0 Å². The minimum atomic E-state index is -0.188. The van der Waals surface area contributed by atoms with Crippen molar-refractivity contribution in [2.75, 3.05) is 0 Å². The second-order valence-electron chi connectivity index (χ2n) is 5.35. The molecular weight excluding hydrogens is 354 g/mol. The van der Waals surface area contributed by atoms with Crippen LogP contribution in [0.4, 0.5) is 0 Å². The third kappa shape index (κ3) is 3.24. The van der Waals surface area contributed by atoms with Crippen LogP contribution >= 0.6 is 22.9 Å². The highest BCUT2D eigenvalue weighted by atomic mass is 35.5. The van der Waals surface area contributed by atoms with Gasteiger partial charge >= 0.3 is 0 Å². The van der Waals surface area contributed by atoms with E-state index < -0.39 is 0 Å². The minimum absolute atomic E-state index is 0.188. The van der Waals surface area contributed by atoms with Gasteiger partial charge in [-0.2, -0.15) is 9.50 Å². The van der Waals surface area contributed by atoms with Gasteiger partial charge in [0.05, 0.1) is 4.53 Å². The molecule has 0 saturated carbocycles. The van der Waals surface area contributed by atoms with Crippen molar-refractivity contribution >= 4 is 46.1 Å². The van der Waals surface area contributed by atoms with E-state index in [2.05, 4.69) is 10.1 Å². The van der Waals surface area contributed by atoms with Gasteiger partial charge in [0.1, 0.15) is 0 Å². The second-order valence-corrected chi connectivity index (χ2v) is 6.76. The van der Waals surface area contributed by atoms with Gasteiger partial charge in [0.2, 0.25) is 4.96 Å². The summed E-state index contributed by atoms with van der Waals surface area (Å²) in [5.74, 6) is 0.511. The number of halogens is 1. The first-order valence-electron chi connectivity index (χ1n) is 7.60. The van der Waals surface area contributed by atoms with Crippen molar-refractivity contribution in [2.45, 2.75) is 0 Å². The van der Waals surface area contributed by atoms with Gasteiger partial charge in [-0.3, -0.25) is 4.79 Å². The molecule has 4 aromatic rings. The molecule has 0 fully saturated rings. The summed E-state index contributed by atoms with van der Waals surface area (Å²) >= 11 is 7.45. The Morgan fingerprint density at radius 3 is 2.52 bits per heavy atom. The molecular formula is C19H12ClN3OS. The van der Waals surface area contributed by atoms with Crippen LogP contribution < -0.4 is 10.1 Å². The van der Waals surface area contributed by atoms with Crippen molar-refractivity contribution in [3.63, 3.8) is 0 Å². The first-order chi connectivity index (χ1) is 12.2. The van der Waals surface area contributed by atoms with Gasteiger partial charge in [-0.05, 0) is 29.3 Å². The Kier molecular flexibility index (Phi) is 4.17. The van der Waals surface area contributed by atoms with Crippen LogP contribution in [0.2, 0.25) is 5.02 Å². The molecule has 6 heteroatoms. The molecule has 25 heavy (non-hydrogen) atoms. The first kappa shape index (κ1) is 15.7.